The van der Waals surface area contributed by atoms with E-state index >= 15 is 0 Å². The van der Waals surface area contributed by atoms with Crippen molar-refractivity contribution in [2.24, 2.45) is 0 Å². The number of nitrogens with one attached hydrogen (secondary N) is 1. The van der Waals surface area contributed by atoms with E-state index in [1.807, 2.05) is 13.8 Å². The average Bonchev–Trinajstić information content (AvgIpc) is 2.32. The van der Waals surface area contributed by atoms with Crippen LogP contribution in [-0.4, -0.2) is 18.4 Å². The highest BCUT2D eigenvalue weighted by Crippen LogP contribution is 2.18. The van der Waals surface area contributed by atoms with Crippen LogP contribution in [0.5, 0.6) is 0 Å². The zero-order valence-corrected chi connectivity index (χ0v) is 10.9. The van der Waals surface area contributed by atoms with Gasteiger partial charge in [0.05, 0.1) is 11.6 Å². The number of carbonyl (C=O) groups is 1. The second-order valence-electron chi connectivity index (χ2n) is 4.12. The van der Waals surface area contributed by atoms with Gasteiger partial charge in [-0.05, 0) is 25.0 Å². The standard InChI is InChI=1S/C13H17ClFNO/c1-3-9(2)16-8-11(17)7-10-5-4-6-12(14)13(10)15/h4-6,9,16H,3,7-8H2,1-2H3. The molecule has 4 heteroatoms. The molecule has 94 valence electrons. The van der Waals surface area contributed by atoms with Gasteiger partial charge in [0.1, 0.15) is 5.82 Å². The molecular weight excluding hydrogens is 241 g/mol. The summed E-state index contributed by atoms with van der Waals surface area (Å²) < 4.78 is 13.5. The van der Waals surface area contributed by atoms with Gasteiger partial charge in [-0.15, -0.1) is 0 Å². The molecule has 0 aliphatic heterocycles. The van der Waals surface area contributed by atoms with Crippen molar-refractivity contribution in [2.45, 2.75) is 32.7 Å². The van der Waals surface area contributed by atoms with Gasteiger partial charge in [0.15, 0.2) is 5.78 Å². The third kappa shape index (κ3) is 4.44. The Morgan fingerprint density at radius 2 is 2.24 bits per heavy atom. The monoisotopic (exact) mass is 257 g/mol. The van der Waals surface area contributed by atoms with Gasteiger partial charge in [0, 0.05) is 12.5 Å². The van der Waals surface area contributed by atoms with E-state index in [9.17, 15) is 9.18 Å². The van der Waals surface area contributed by atoms with Crippen LogP contribution in [-0.2, 0) is 11.2 Å². The van der Waals surface area contributed by atoms with Crippen molar-refractivity contribution >= 4 is 17.4 Å². The molecule has 0 radical (unpaired) electrons. The summed E-state index contributed by atoms with van der Waals surface area (Å²) in [7, 11) is 0. The highest BCUT2D eigenvalue weighted by Gasteiger charge is 2.11. The maximum absolute atomic E-state index is 13.5. The van der Waals surface area contributed by atoms with Gasteiger partial charge in [-0.25, -0.2) is 4.39 Å². The van der Waals surface area contributed by atoms with Crippen LogP contribution in [0, 0.1) is 5.82 Å². The van der Waals surface area contributed by atoms with Crippen LogP contribution in [0.2, 0.25) is 5.02 Å². The zero-order chi connectivity index (χ0) is 12.8. The molecule has 2 nitrogen and oxygen atoms in total. The summed E-state index contributed by atoms with van der Waals surface area (Å²) in [5.41, 5.74) is 0.355. The van der Waals surface area contributed by atoms with Gasteiger partial charge in [-0.1, -0.05) is 30.7 Å². The predicted octanol–water partition coefficient (Wildman–Crippen LogP) is 2.98. The number of benzene rings is 1. The van der Waals surface area contributed by atoms with E-state index in [-0.39, 0.29) is 23.8 Å². The lowest BCUT2D eigenvalue weighted by atomic mass is 10.1. The van der Waals surface area contributed by atoms with Crippen molar-refractivity contribution < 1.29 is 9.18 Å². The fourth-order valence-electron chi connectivity index (χ4n) is 1.39. The quantitative estimate of drug-likeness (QED) is 0.849. The molecule has 0 amide bonds. The van der Waals surface area contributed by atoms with E-state index in [1.54, 1.807) is 12.1 Å². The molecular formula is C13H17ClFNO. The molecule has 1 atom stereocenters. The minimum atomic E-state index is -0.494. The van der Waals surface area contributed by atoms with Gasteiger partial charge < -0.3 is 5.32 Å². The van der Waals surface area contributed by atoms with E-state index in [0.717, 1.165) is 6.42 Å². The van der Waals surface area contributed by atoms with Gasteiger partial charge in [0.2, 0.25) is 0 Å². The third-order valence-electron chi connectivity index (χ3n) is 2.68. The Morgan fingerprint density at radius 1 is 1.53 bits per heavy atom. The van der Waals surface area contributed by atoms with E-state index in [2.05, 4.69) is 5.32 Å². The van der Waals surface area contributed by atoms with Crippen LogP contribution in [0.4, 0.5) is 4.39 Å². The number of ketones is 1. The van der Waals surface area contributed by atoms with Crippen LogP contribution in [0.3, 0.4) is 0 Å². The Morgan fingerprint density at radius 3 is 2.88 bits per heavy atom. The topological polar surface area (TPSA) is 29.1 Å². The van der Waals surface area contributed by atoms with Gasteiger partial charge in [-0.3, -0.25) is 4.79 Å². The number of hydrogen-bond donors (Lipinski definition) is 1. The summed E-state index contributed by atoms with van der Waals surface area (Å²) >= 11 is 5.65. The second-order valence-corrected chi connectivity index (χ2v) is 4.53. The number of carbonyl (C=O) groups excluding carboxylic acids is 1. The van der Waals surface area contributed by atoms with Crippen LogP contribution in [0.15, 0.2) is 18.2 Å². The van der Waals surface area contributed by atoms with E-state index in [0.29, 0.717) is 11.6 Å². The maximum atomic E-state index is 13.5. The molecule has 0 aromatic heterocycles. The Kier molecular flexibility index (Phi) is 5.59. The molecule has 1 N–H and O–H groups in total. The molecule has 17 heavy (non-hydrogen) atoms. The lowest BCUT2D eigenvalue weighted by molar-refractivity contribution is -0.117. The summed E-state index contributed by atoms with van der Waals surface area (Å²) in [6, 6.07) is 5.00. The molecule has 0 heterocycles. The zero-order valence-electron chi connectivity index (χ0n) is 10.1. The fourth-order valence-corrected chi connectivity index (χ4v) is 1.59. The Hall–Kier alpha value is -0.930. The normalized spacial score (nSPS) is 12.5. The number of halogens is 2. The fraction of sp³-hybridized carbons (Fsp3) is 0.462. The lowest BCUT2D eigenvalue weighted by Crippen LogP contribution is -2.31. The van der Waals surface area contributed by atoms with Crippen molar-refractivity contribution in [3.8, 4) is 0 Å². The summed E-state index contributed by atoms with van der Waals surface area (Å²) in [5, 5.41) is 3.14. The van der Waals surface area contributed by atoms with Gasteiger partial charge in [-0.2, -0.15) is 0 Å². The van der Waals surface area contributed by atoms with Crippen LogP contribution in [0.25, 0.3) is 0 Å². The molecule has 1 unspecified atom stereocenters. The van der Waals surface area contributed by atoms with E-state index in [1.165, 1.54) is 6.07 Å². The smallest absolute Gasteiger partial charge is 0.151 e. The molecule has 0 bridgehead atoms. The summed E-state index contributed by atoms with van der Waals surface area (Å²) in [5.74, 6) is -0.530. The Balaban J connectivity index is 2.54. The number of rotatable bonds is 6. The molecule has 0 saturated carbocycles. The highest BCUT2D eigenvalue weighted by atomic mass is 35.5. The predicted molar refractivity (Wildman–Crippen MR) is 67.9 cm³/mol. The van der Waals surface area contributed by atoms with E-state index < -0.39 is 5.82 Å². The molecule has 0 aliphatic rings. The van der Waals surface area contributed by atoms with Crippen molar-refractivity contribution in [1.82, 2.24) is 5.32 Å². The number of hydrogen-bond acceptors (Lipinski definition) is 2. The first-order valence-corrected chi connectivity index (χ1v) is 6.10. The maximum Gasteiger partial charge on any atom is 0.151 e. The van der Waals surface area contributed by atoms with Gasteiger partial charge in [0.25, 0.3) is 0 Å². The first-order chi connectivity index (χ1) is 8.04. The van der Waals surface area contributed by atoms with Crippen LogP contribution in [0.1, 0.15) is 25.8 Å². The largest absolute Gasteiger partial charge is 0.307 e. The Bertz CT molecular complexity index is 395. The molecule has 0 saturated heterocycles. The molecule has 1 aromatic carbocycles. The first-order valence-electron chi connectivity index (χ1n) is 5.72. The van der Waals surface area contributed by atoms with E-state index in [4.69, 9.17) is 11.6 Å². The van der Waals surface area contributed by atoms with Crippen LogP contribution < -0.4 is 5.32 Å². The minimum Gasteiger partial charge on any atom is -0.307 e. The van der Waals surface area contributed by atoms with Crippen molar-refractivity contribution in [1.29, 1.82) is 0 Å². The molecule has 1 rings (SSSR count). The first kappa shape index (κ1) is 14.1. The van der Waals surface area contributed by atoms with Crippen LogP contribution >= 0.6 is 11.6 Å². The second kappa shape index (κ2) is 6.72. The summed E-state index contributed by atoms with van der Waals surface area (Å²) in [6.45, 7) is 4.31. The molecule has 0 aliphatic carbocycles. The van der Waals surface area contributed by atoms with Crippen molar-refractivity contribution in [2.75, 3.05) is 6.54 Å². The van der Waals surface area contributed by atoms with Crippen molar-refractivity contribution in [3.63, 3.8) is 0 Å². The number of Topliss-reactive ketones (excluding diaryl/α,β-unsaturated/α-hetero) is 1. The third-order valence-corrected chi connectivity index (χ3v) is 2.97. The molecule has 1 aromatic rings. The SMILES string of the molecule is CCC(C)NCC(=O)Cc1cccc(Cl)c1F. The lowest BCUT2D eigenvalue weighted by Gasteiger charge is -2.10. The van der Waals surface area contributed by atoms with Gasteiger partial charge >= 0.3 is 0 Å². The minimum absolute atomic E-state index is 0.0357. The highest BCUT2D eigenvalue weighted by molar-refractivity contribution is 6.30. The Labute approximate surface area is 106 Å². The van der Waals surface area contributed by atoms with Crippen molar-refractivity contribution in [3.05, 3.63) is 34.6 Å². The molecule has 0 spiro atoms. The average molecular weight is 258 g/mol. The molecule has 0 fully saturated rings. The summed E-state index contributed by atoms with van der Waals surface area (Å²) in [6.07, 6.45) is 1.04. The summed E-state index contributed by atoms with van der Waals surface area (Å²) in [4.78, 5) is 11.6.